The SMILES string of the molecule is C=C(C)C(=O)OCCNC(=O)N(C[Si](C)(OCC)OCC)c1ccccc1.C=C(C)C(=O)OCCOC#N.CCO[Si](C)(CNC1=CC=C[C+]=C1)OCC. The lowest BCUT2D eigenvalue weighted by molar-refractivity contribution is -0.140. The number of allylic oxidation sites excluding steroid dienone is 5. The number of urea groups is 1. The zero-order chi connectivity index (χ0) is 40.8. The summed E-state index contributed by atoms with van der Waals surface area (Å²) < 4.78 is 37.1. The van der Waals surface area contributed by atoms with E-state index >= 15 is 0 Å². The Bertz CT molecular complexity index is 1420. The van der Waals surface area contributed by atoms with Crippen LogP contribution in [0.4, 0.5) is 10.5 Å². The molecule has 298 valence electrons. The van der Waals surface area contributed by atoms with Crippen LogP contribution in [0.1, 0.15) is 41.5 Å². The van der Waals surface area contributed by atoms with Gasteiger partial charge in [0.25, 0.3) is 6.26 Å². The number of hydrogen-bond acceptors (Lipinski definition) is 12. The Morgan fingerprint density at radius 2 is 1.37 bits per heavy atom. The molecule has 14 nitrogen and oxygen atoms in total. The number of ether oxygens (including phenoxy) is 3. The highest BCUT2D eigenvalue weighted by molar-refractivity contribution is 6.67. The summed E-state index contributed by atoms with van der Waals surface area (Å²) in [5.41, 5.74) is 2.46. The second kappa shape index (κ2) is 28.8. The summed E-state index contributed by atoms with van der Waals surface area (Å²) in [6.45, 7) is 24.7. The maximum absolute atomic E-state index is 12.8. The van der Waals surface area contributed by atoms with Crippen molar-refractivity contribution in [3.63, 3.8) is 0 Å². The zero-order valence-corrected chi connectivity index (χ0v) is 35.2. The number of hydrogen-bond donors (Lipinski definition) is 2. The number of nitrogens with one attached hydrogen (secondary N) is 2. The average molecular weight is 788 g/mol. The van der Waals surface area contributed by atoms with E-state index in [1.165, 1.54) is 6.26 Å². The van der Waals surface area contributed by atoms with Gasteiger partial charge in [0, 0.05) is 55.4 Å². The van der Waals surface area contributed by atoms with Gasteiger partial charge >= 0.3 is 35.1 Å². The maximum Gasteiger partial charge on any atom is 0.356 e. The van der Waals surface area contributed by atoms with E-state index in [9.17, 15) is 14.4 Å². The van der Waals surface area contributed by atoms with Gasteiger partial charge in [0.15, 0.2) is 0 Å². The van der Waals surface area contributed by atoms with Crippen LogP contribution in [0.3, 0.4) is 0 Å². The second-order valence-electron chi connectivity index (χ2n) is 11.6. The summed E-state index contributed by atoms with van der Waals surface area (Å²) in [6.07, 6.45) is 13.4. The molecule has 0 bridgehead atoms. The third kappa shape index (κ3) is 22.5. The normalized spacial score (nSPS) is 11.4. The van der Waals surface area contributed by atoms with E-state index in [0.29, 0.717) is 43.7 Å². The van der Waals surface area contributed by atoms with Crippen molar-refractivity contribution in [2.24, 2.45) is 0 Å². The van der Waals surface area contributed by atoms with Crippen molar-refractivity contribution in [3.8, 4) is 6.26 Å². The molecule has 2 rings (SSSR count). The number of para-hydroxylation sites is 1. The molecule has 2 N–H and O–H groups in total. The van der Waals surface area contributed by atoms with Crippen molar-refractivity contribution in [3.05, 3.63) is 90.7 Å². The maximum atomic E-state index is 12.8. The third-order valence-corrected chi connectivity index (χ3v) is 12.0. The van der Waals surface area contributed by atoms with Crippen molar-refractivity contribution in [1.82, 2.24) is 10.6 Å². The van der Waals surface area contributed by atoms with Crippen LogP contribution < -0.4 is 15.5 Å². The number of esters is 2. The molecule has 0 unspecified atom stereocenters. The van der Waals surface area contributed by atoms with Gasteiger partial charge in [-0.25, -0.2) is 14.4 Å². The third-order valence-electron chi connectivity index (χ3n) is 6.67. The highest BCUT2D eigenvalue weighted by Crippen LogP contribution is 2.18. The first-order chi connectivity index (χ1) is 25.7. The molecule has 2 amide bonds. The van der Waals surface area contributed by atoms with Crippen LogP contribution >= 0.6 is 0 Å². The minimum atomic E-state index is -2.57. The summed E-state index contributed by atoms with van der Waals surface area (Å²) >= 11 is 0. The van der Waals surface area contributed by atoms with Crippen LogP contribution in [0.15, 0.2) is 84.6 Å². The van der Waals surface area contributed by atoms with Crippen LogP contribution in [0.25, 0.3) is 0 Å². The molecule has 1 aromatic carbocycles. The summed E-state index contributed by atoms with van der Waals surface area (Å²) in [5.74, 6) is -0.941. The largest absolute Gasteiger partial charge is 0.460 e. The van der Waals surface area contributed by atoms with Crippen molar-refractivity contribution in [2.75, 3.05) is 70.0 Å². The van der Waals surface area contributed by atoms with E-state index in [2.05, 4.69) is 45.9 Å². The standard InChI is InChI=1S/C19H30N2O5Si.C12H20NO2Si.C7H9NO3/c1-6-25-27(5,26-7-2)15-21(17-11-9-8-10-12-17)19(23)20-13-14-24-18(22)16(3)4;1-4-14-16(3,15-5-2)11-13-12-9-7-6-8-10-12;1-6(2)7(9)11-4-3-10-5-8/h8-12H,3,6-7,13-15H2,1-2,4-5H3,(H,20,23);6-7,9-10,13H,4-5,11H2,1-3H3;1,3-4H2,2H3/q;+1;. The molecule has 1 aromatic rings. The number of amides is 2. The number of anilines is 1. The fraction of sp³-hybridized carbons (Fsp3) is 0.474. The Morgan fingerprint density at radius 1 is 0.833 bits per heavy atom. The van der Waals surface area contributed by atoms with Gasteiger partial charge in [-0.05, 0) is 66.8 Å². The molecule has 0 heterocycles. The average Bonchev–Trinajstić information content (AvgIpc) is 3.15. The number of benzene rings is 1. The molecule has 0 fully saturated rings. The number of carbonyl (C=O) groups excluding carboxylic acids is 3. The van der Waals surface area contributed by atoms with Gasteiger partial charge in [-0.1, -0.05) is 31.4 Å². The Morgan fingerprint density at radius 3 is 1.85 bits per heavy atom. The van der Waals surface area contributed by atoms with E-state index in [-0.39, 0.29) is 32.4 Å². The van der Waals surface area contributed by atoms with Crippen LogP contribution in [-0.2, 0) is 41.5 Å². The highest BCUT2D eigenvalue weighted by Gasteiger charge is 2.36. The predicted molar refractivity (Wildman–Crippen MR) is 213 cm³/mol. The summed E-state index contributed by atoms with van der Waals surface area (Å²) in [6, 6.07) is 9.03. The fourth-order valence-corrected chi connectivity index (χ4v) is 8.73. The monoisotopic (exact) mass is 787 g/mol. The molecular weight excluding hydrogens is 729 g/mol. The van der Waals surface area contributed by atoms with Gasteiger partial charge in [-0.2, -0.15) is 5.26 Å². The number of rotatable bonds is 22. The Kier molecular flexibility index (Phi) is 26.4. The Labute approximate surface area is 323 Å². The summed E-state index contributed by atoms with van der Waals surface area (Å²) in [7, 11) is -4.63. The lowest BCUT2D eigenvalue weighted by atomic mass is 10.2. The van der Waals surface area contributed by atoms with Gasteiger partial charge in [0.05, 0.1) is 25.0 Å². The molecule has 0 saturated heterocycles. The highest BCUT2D eigenvalue weighted by atomic mass is 28.4. The molecule has 0 saturated carbocycles. The van der Waals surface area contributed by atoms with E-state index in [0.717, 1.165) is 17.6 Å². The first-order valence-electron chi connectivity index (χ1n) is 17.7. The lowest BCUT2D eigenvalue weighted by Gasteiger charge is -2.32. The first-order valence-corrected chi connectivity index (χ1v) is 22.8. The molecule has 16 heteroatoms. The molecule has 1 aliphatic carbocycles. The Hall–Kier alpha value is -4.60. The van der Waals surface area contributed by atoms with Crippen LogP contribution in [0, 0.1) is 17.6 Å². The van der Waals surface area contributed by atoms with Gasteiger partial charge in [0.1, 0.15) is 37.7 Å². The molecule has 54 heavy (non-hydrogen) atoms. The lowest BCUT2D eigenvalue weighted by Crippen LogP contribution is -2.54. The molecule has 0 spiro atoms. The molecular formula is C38H59N4O10Si2+. The van der Waals surface area contributed by atoms with Crippen molar-refractivity contribution < 1.29 is 46.3 Å². The van der Waals surface area contributed by atoms with E-state index in [4.69, 9.17) is 27.7 Å². The van der Waals surface area contributed by atoms with E-state index in [1.54, 1.807) is 18.7 Å². The molecule has 0 aromatic heterocycles. The van der Waals surface area contributed by atoms with Crippen LogP contribution in [-0.4, -0.2) is 100 Å². The number of carbonyl (C=O) groups is 3. The smallest absolute Gasteiger partial charge is 0.356 e. The number of nitriles is 1. The number of nitrogens with zero attached hydrogens (tertiary/aromatic N) is 2. The fourth-order valence-electron chi connectivity index (χ4n) is 4.30. The summed E-state index contributed by atoms with van der Waals surface area (Å²) in [4.78, 5) is 36.4. The second-order valence-corrected chi connectivity index (χ2v) is 17.9. The predicted octanol–water partition coefficient (Wildman–Crippen LogP) is 5.68. The van der Waals surface area contributed by atoms with Gasteiger partial charge in [-0.15, -0.1) is 0 Å². The molecule has 0 radical (unpaired) electrons. The molecule has 0 atom stereocenters. The van der Waals surface area contributed by atoms with Crippen LogP contribution in [0.2, 0.25) is 13.1 Å². The van der Waals surface area contributed by atoms with Crippen molar-refractivity contribution in [2.45, 2.75) is 54.6 Å². The minimum Gasteiger partial charge on any atom is -0.460 e. The van der Waals surface area contributed by atoms with E-state index in [1.807, 2.05) is 88.9 Å². The molecule has 1 aliphatic rings. The minimum absolute atomic E-state index is 0.0751. The summed E-state index contributed by atoms with van der Waals surface area (Å²) in [5, 5.41) is 14.0. The molecule has 0 aliphatic heterocycles. The van der Waals surface area contributed by atoms with Crippen molar-refractivity contribution in [1.29, 1.82) is 5.26 Å². The topological polar surface area (TPSA) is 167 Å². The zero-order valence-electron chi connectivity index (χ0n) is 33.2. The quantitative estimate of drug-likeness (QED) is 0.0369. The van der Waals surface area contributed by atoms with Gasteiger partial charge < -0.3 is 42.5 Å². The Balaban J connectivity index is 0.000000876. The van der Waals surface area contributed by atoms with Gasteiger partial charge in [0.2, 0.25) is 0 Å². The first kappa shape index (κ1) is 49.4. The van der Waals surface area contributed by atoms with Gasteiger partial charge in [-0.3, -0.25) is 4.90 Å². The van der Waals surface area contributed by atoms with Crippen LogP contribution in [0.5, 0.6) is 0 Å². The van der Waals surface area contributed by atoms with Crippen molar-refractivity contribution >= 4 is 40.8 Å². The van der Waals surface area contributed by atoms with E-state index < -0.39 is 29.1 Å².